The molecule has 31 heavy (non-hydrogen) atoms. The lowest BCUT2D eigenvalue weighted by atomic mass is 10.2. The van der Waals surface area contributed by atoms with Gasteiger partial charge in [-0.15, -0.1) is 10.2 Å². The number of amides is 1. The van der Waals surface area contributed by atoms with Gasteiger partial charge in [0.1, 0.15) is 5.75 Å². The van der Waals surface area contributed by atoms with Crippen molar-refractivity contribution in [2.45, 2.75) is 12.1 Å². The molecule has 4 aromatic rings. The zero-order valence-corrected chi connectivity index (χ0v) is 18.1. The molecule has 0 atom stereocenters. The first-order chi connectivity index (χ1) is 15.2. The van der Waals surface area contributed by atoms with Gasteiger partial charge in [0.05, 0.1) is 18.6 Å². The highest BCUT2D eigenvalue weighted by Gasteiger charge is 2.19. The van der Waals surface area contributed by atoms with Gasteiger partial charge in [0.15, 0.2) is 11.0 Å². The molecule has 7 heteroatoms. The number of ether oxygens (including phenoxy) is 1. The van der Waals surface area contributed by atoms with E-state index in [0.717, 1.165) is 22.5 Å². The molecule has 1 amide bonds. The van der Waals surface area contributed by atoms with Crippen LogP contribution in [-0.4, -0.2) is 33.5 Å². The molecule has 0 saturated carbocycles. The minimum atomic E-state index is -0.107. The summed E-state index contributed by atoms with van der Waals surface area (Å²) in [4.78, 5) is 12.5. The van der Waals surface area contributed by atoms with Crippen molar-refractivity contribution >= 4 is 23.4 Å². The number of thioether (sulfide) groups is 1. The van der Waals surface area contributed by atoms with Crippen LogP contribution < -0.4 is 10.1 Å². The summed E-state index contributed by atoms with van der Waals surface area (Å²) in [6.07, 6.45) is 0. The molecule has 0 aliphatic rings. The van der Waals surface area contributed by atoms with Gasteiger partial charge in [0.25, 0.3) is 0 Å². The third-order valence-corrected chi connectivity index (χ3v) is 5.59. The number of para-hydroxylation sites is 2. The van der Waals surface area contributed by atoms with Crippen molar-refractivity contribution in [2.24, 2.45) is 0 Å². The van der Waals surface area contributed by atoms with E-state index >= 15 is 0 Å². The quantitative estimate of drug-likeness (QED) is 0.419. The Balaban J connectivity index is 1.62. The molecule has 6 nitrogen and oxygen atoms in total. The van der Waals surface area contributed by atoms with E-state index in [2.05, 4.69) is 15.5 Å². The number of aryl methyl sites for hydroxylation is 1. The Kier molecular flexibility index (Phi) is 6.33. The summed E-state index contributed by atoms with van der Waals surface area (Å²) >= 11 is 1.33. The van der Waals surface area contributed by atoms with Crippen molar-refractivity contribution in [1.82, 2.24) is 14.8 Å². The molecule has 0 radical (unpaired) electrons. The molecule has 156 valence electrons. The number of carbonyl (C=O) groups is 1. The van der Waals surface area contributed by atoms with Gasteiger partial charge < -0.3 is 10.1 Å². The molecule has 1 heterocycles. The minimum Gasteiger partial charge on any atom is -0.495 e. The van der Waals surface area contributed by atoms with Gasteiger partial charge >= 0.3 is 0 Å². The monoisotopic (exact) mass is 430 g/mol. The predicted octanol–water partition coefficient (Wildman–Crippen LogP) is 4.98. The molecule has 4 rings (SSSR count). The van der Waals surface area contributed by atoms with Crippen molar-refractivity contribution < 1.29 is 9.53 Å². The van der Waals surface area contributed by atoms with Gasteiger partial charge in [0, 0.05) is 11.3 Å². The molecule has 0 bridgehead atoms. The van der Waals surface area contributed by atoms with Crippen LogP contribution in [0.1, 0.15) is 5.56 Å². The van der Waals surface area contributed by atoms with Crippen molar-refractivity contribution in [2.75, 3.05) is 18.2 Å². The molecule has 0 unspecified atom stereocenters. The van der Waals surface area contributed by atoms with E-state index in [1.165, 1.54) is 11.8 Å². The van der Waals surface area contributed by atoms with Gasteiger partial charge in [-0.3, -0.25) is 9.36 Å². The summed E-state index contributed by atoms with van der Waals surface area (Å²) in [7, 11) is 1.63. The van der Waals surface area contributed by atoms with Gasteiger partial charge in [-0.2, -0.15) is 0 Å². The summed E-state index contributed by atoms with van der Waals surface area (Å²) in [5, 5.41) is 12.3. The second kappa shape index (κ2) is 9.49. The number of nitrogens with one attached hydrogen (secondary N) is 1. The largest absolute Gasteiger partial charge is 0.495 e. The highest BCUT2D eigenvalue weighted by atomic mass is 32.2. The van der Waals surface area contributed by atoms with Crippen LogP contribution in [0, 0.1) is 6.92 Å². The van der Waals surface area contributed by atoms with Crippen molar-refractivity contribution in [3.05, 3.63) is 84.4 Å². The van der Waals surface area contributed by atoms with Crippen molar-refractivity contribution in [1.29, 1.82) is 0 Å². The number of aromatic nitrogens is 3. The van der Waals surface area contributed by atoms with Gasteiger partial charge in [-0.25, -0.2) is 0 Å². The number of rotatable bonds is 7. The predicted molar refractivity (Wildman–Crippen MR) is 124 cm³/mol. The van der Waals surface area contributed by atoms with E-state index in [1.807, 2.05) is 90.4 Å². The number of carbonyl (C=O) groups excluding carboxylic acids is 1. The van der Waals surface area contributed by atoms with E-state index in [4.69, 9.17) is 4.74 Å². The molecular formula is C24H22N4O2S. The van der Waals surface area contributed by atoms with E-state index in [9.17, 15) is 4.79 Å². The first kappa shape index (κ1) is 20.7. The van der Waals surface area contributed by atoms with Crippen LogP contribution in [0.5, 0.6) is 5.75 Å². The van der Waals surface area contributed by atoms with Crippen LogP contribution >= 0.6 is 11.8 Å². The third kappa shape index (κ3) is 4.78. The lowest BCUT2D eigenvalue weighted by Crippen LogP contribution is -2.14. The van der Waals surface area contributed by atoms with E-state index in [-0.39, 0.29) is 11.7 Å². The summed E-state index contributed by atoms with van der Waals surface area (Å²) in [6, 6.07) is 25.2. The summed E-state index contributed by atoms with van der Waals surface area (Å²) < 4.78 is 7.49. The van der Waals surface area contributed by atoms with E-state index < -0.39 is 0 Å². The Labute approximate surface area is 185 Å². The highest BCUT2D eigenvalue weighted by molar-refractivity contribution is 7.99. The molecule has 0 aliphatic carbocycles. The Hall–Kier alpha value is -3.58. The lowest BCUT2D eigenvalue weighted by Gasteiger charge is -2.14. The Morgan fingerprint density at radius 3 is 2.42 bits per heavy atom. The lowest BCUT2D eigenvalue weighted by molar-refractivity contribution is -0.113. The third-order valence-electron chi connectivity index (χ3n) is 4.66. The molecule has 1 N–H and O–H groups in total. The van der Waals surface area contributed by atoms with E-state index in [0.29, 0.717) is 16.7 Å². The molecule has 0 fully saturated rings. The van der Waals surface area contributed by atoms with E-state index in [1.54, 1.807) is 7.11 Å². The Morgan fingerprint density at radius 2 is 1.68 bits per heavy atom. The summed E-state index contributed by atoms with van der Waals surface area (Å²) in [5.41, 5.74) is 3.66. The number of hydrogen-bond donors (Lipinski definition) is 1. The number of hydrogen-bond acceptors (Lipinski definition) is 5. The van der Waals surface area contributed by atoms with Crippen LogP contribution in [0.4, 0.5) is 5.69 Å². The molecule has 3 aromatic carbocycles. The van der Waals surface area contributed by atoms with Crippen LogP contribution in [-0.2, 0) is 4.79 Å². The molecule has 0 aliphatic heterocycles. The molecule has 0 saturated heterocycles. The van der Waals surface area contributed by atoms with Crippen LogP contribution in [0.3, 0.4) is 0 Å². The van der Waals surface area contributed by atoms with Crippen molar-refractivity contribution in [3.63, 3.8) is 0 Å². The normalized spacial score (nSPS) is 10.6. The standard InChI is InChI=1S/C24H22N4O2S/c1-17-12-14-19(15-13-17)25-22(29)16-31-24-27-26-23(18-8-4-3-5-9-18)28(24)20-10-6-7-11-21(20)30-2/h3-15H,16H2,1-2H3,(H,25,29). The van der Waals surface area contributed by atoms with Crippen molar-refractivity contribution in [3.8, 4) is 22.8 Å². The summed E-state index contributed by atoms with van der Waals surface area (Å²) in [5.74, 6) is 1.48. The summed E-state index contributed by atoms with van der Waals surface area (Å²) in [6.45, 7) is 2.01. The number of nitrogens with zero attached hydrogens (tertiary/aromatic N) is 3. The number of benzene rings is 3. The second-order valence-corrected chi connectivity index (χ2v) is 7.82. The minimum absolute atomic E-state index is 0.107. The van der Waals surface area contributed by atoms with Crippen LogP contribution in [0.2, 0.25) is 0 Å². The first-order valence-corrected chi connectivity index (χ1v) is 10.8. The average Bonchev–Trinajstić information content (AvgIpc) is 3.23. The number of anilines is 1. The smallest absolute Gasteiger partial charge is 0.234 e. The highest BCUT2D eigenvalue weighted by Crippen LogP contribution is 2.32. The molecule has 0 spiro atoms. The van der Waals surface area contributed by atoms with Crippen LogP contribution in [0.15, 0.2) is 84.0 Å². The Bertz CT molecular complexity index is 1170. The first-order valence-electron chi connectivity index (χ1n) is 9.79. The zero-order valence-electron chi connectivity index (χ0n) is 17.3. The average molecular weight is 431 g/mol. The van der Waals surface area contributed by atoms with Gasteiger partial charge in [-0.1, -0.05) is 71.9 Å². The second-order valence-electron chi connectivity index (χ2n) is 6.88. The van der Waals surface area contributed by atoms with Gasteiger partial charge in [0.2, 0.25) is 5.91 Å². The molecule has 1 aromatic heterocycles. The number of methoxy groups -OCH3 is 1. The topological polar surface area (TPSA) is 69.0 Å². The maximum atomic E-state index is 12.5. The Morgan fingerprint density at radius 1 is 0.968 bits per heavy atom. The molecular weight excluding hydrogens is 408 g/mol. The fraction of sp³-hybridized carbons (Fsp3) is 0.125. The maximum Gasteiger partial charge on any atom is 0.234 e. The SMILES string of the molecule is COc1ccccc1-n1c(SCC(=O)Nc2ccc(C)cc2)nnc1-c1ccccc1. The van der Waals surface area contributed by atoms with Crippen LogP contribution in [0.25, 0.3) is 17.1 Å². The zero-order chi connectivity index (χ0) is 21.6. The fourth-order valence-corrected chi connectivity index (χ4v) is 3.88. The fourth-order valence-electron chi connectivity index (χ4n) is 3.13. The maximum absolute atomic E-state index is 12.5. The van der Waals surface area contributed by atoms with Gasteiger partial charge in [-0.05, 0) is 31.2 Å².